The van der Waals surface area contributed by atoms with Crippen molar-refractivity contribution >= 4 is 11.0 Å². The third-order valence-corrected chi connectivity index (χ3v) is 3.44. The third kappa shape index (κ3) is 1.83. The summed E-state index contributed by atoms with van der Waals surface area (Å²) >= 11 is 0. The van der Waals surface area contributed by atoms with E-state index in [1.54, 1.807) is 0 Å². The maximum Gasteiger partial charge on any atom is 0.111 e. The first-order chi connectivity index (χ1) is 8.40. The van der Waals surface area contributed by atoms with E-state index in [1.807, 2.05) is 6.07 Å². The van der Waals surface area contributed by atoms with E-state index < -0.39 is 0 Å². The van der Waals surface area contributed by atoms with Crippen LogP contribution >= 0.6 is 0 Å². The molecule has 90 valence electrons. The molecule has 1 saturated heterocycles. The summed E-state index contributed by atoms with van der Waals surface area (Å²) in [5, 5.41) is 3.41. The van der Waals surface area contributed by atoms with E-state index in [9.17, 15) is 0 Å². The van der Waals surface area contributed by atoms with Crippen LogP contribution in [0.5, 0.6) is 0 Å². The minimum absolute atomic E-state index is 0.531. The molecule has 17 heavy (non-hydrogen) atoms. The molecule has 3 N–H and O–H groups in total. The predicted octanol–water partition coefficient (Wildman–Crippen LogP) is 1.07. The van der Waals surface area contributed by atoms with Crippen molar-refractivity contribution in [3.8, 4) is 0 Å². The predicted molar refractivity (Wildman–Crippen MR) is 69.0 cm³/mol. The summed E-state index contributed by atoms with van der Waals surface area (Å²) in [7, 11) is 0. The van der Waals surface area contributed by atoms with Gasteiger partial charge >= 0.3 is 0 Å². The Bertz CT molecular complexity index is 511. The van der Waals surface area contributed by atoms with Gasteiger partial charge in [-0.3, -0.25) is 0 Å². The van der Waals surface area contributed by atoms with Crippen LogP contribution in [0, 0.1) is 0 Å². The lowest BCUT2D eigenvalue weighted by Gasteiger charge is -2.15. The Morgan fingerprint density at radius 1 is 1.41 bits per heavy atom. The Hall–Kier alpha value is -1.39. The lowest BCUT2D eigenvalue weighted by molar-refractivity contribution is 0.536. The highest BCUT2D eigenvalue weighted by molar-refractivity contribution is 5.76. The first-order valence-corrected chi connectivity index (χ1v) is 6.27. The van der Waals surface area contributed by atoms with Crippen molar-refractivity contribution in [2.75, 3.05) is 19.6 Å². The number of para-hydroxylation sites is 2. The molecule has 4 heteroatoms. The van der Waals surface area contributed by atoms with E-state index in [0.717, 1.165) is 30.9 Å². The molecule has 1 aromatic carbocycles. The first kappa shape index (κ1) is 10.7. The highest BCUT2D eigenvalue weighted by atomic mass is 15.1. The summed E-state index contributed by atoms with van der Waals surface area (Å²) in [4.78, 5) is 4.70. The van der Waals surface area contributed by atoms with E-state index in [-0.39, 0.29) is 0 Å². The zero-order valence-electron chi connectivity index (χ0n) is 9.89. The summed E-state index contributed by atoms with van der Waals surface area (Å²) in [6.45, 7) is 2.79. The largest absolute Gasteiger partial charge is 0.330 e. The molecule has 0 bridgehead atoms. The Balaban J connectivity index is 2.13. The fourth-order valence-corrected chi connectivity index (χ4v) is 2.67. The van der Waals surface area contributed by atoms with Gasteiger partial charge < -0.3 is 15.6 Å². The Kier molecular flexibility index (Phi) is 2.82. The van der Waals surface area contributed by atoms with E-state index >= 15 is 0 Å². The number of hydrogen-bond acceptors (Lipinski definition) is 3. The average molecular weight is 230 g/mol. The van der Waals surface area contributed by atoms with Gasteiger partial charge in [0.05, 0.1) is 11.0 Å². The van der Waals surface area contributed by atoms with Crippen LogP contribution in [0.25, 0.3) is 11.0 Å². The molecule has 2 heterocycles. The molecule has 1 fully saturated rings. The second kappa shape index (κ2) is 4.47. The van der Waals surface area contributed by atoms with Crippen LogP contribution in [0.4, 0.5) is 0 Å². The van der Waals surface area contributed by atoms with Crippen molar-refractivity contribution in [2.45, 2.75) is 18.9 Å². The molecule has 1 aliphatic rings. The minimum atomic E-state index is 0.531. The fraction of sp³-hybridized carbons (Fsp3) is 0.462. The number of nitrogens with two attached hydrogens (primary N) is 1. The number of nitrogens with one attached hydrogen (secondary N) is 1. The van der Waals surface area contributed by atoms with Gasteiger partial charge in [0, 0.05) is 19.0 Å². The molecule has 0 radical (unpaired) electrons. The van der Waals surface area contributed by atoms with Crippen LogP contribution in [-0.2, 0) is 6.42 Å². The van der Waals surface area contributed by atoms with E-state index in [2.05, 4.69) is 28.1 Å². The number of aromatic nitrogens is 2. The van der Waals surface area contributed by atoms with Gasteiger partial charge in [0.2, 0.25) is 0 Å². The topological polar surface area (TPSA) is 55.9 Å². The van der Waals surface area contributed by atoms with Gasteiger partial charge in [0.15, 0.2) is 0 Å². The molecule has 0 spiro atoms. The van der Waals surface area contributed by atoms with Gasteiger partial charge in [-0.05, 0) is 31.6 Å². The summed E-state index contributed by atoms with van der Waals surface area (Å²) in [5.41, 5.74) is 8.01. The Morgan fingerprint density at radius 2 is 2.29 bits per heavy atom. The third-order valence-electron chi connectivity index (χ3n) is 3.44. The van der Waals surface area contributed by atoms with Crippen LogP contribution in [0.2, 0.25) is 0 Å². The molecule has 1 aromatic heterocycles. The molecule has 0 amide bonds. The van der Waals surface area contributed by atoms with Crippen molar-refractivity contribution < 1.29 is 0 Å². The highest BCUT2D eigenvalue weighted by Crippen LogP contribution is 2.25. The minimum Gasteiger partial charge on any atom is -0.330 e. The standard InChI is InChI=1S/C13H18N4/c14-7-5-13-16-11-3-1-2-4-12(11)17(13)10-6-8-15-9-10/h1-4,10,15H,5-9,14H2. The monoisotopic (exact) mass is 230 g/mol. The van der Waals surface area contributed by atoms with Gasteiger partial charge in [0.1, 0.15) is 5.82 Å². The fourth-order valence-electron chi connectivity index (χ4n) is 2.67. The molecule has 0 saturated carbocycles. The maximum atomic E-state index is 5.68. The number of nitrogens with zero attached hydrogens (tertiary/aromatic N) is 2. The van der Waals surface area contributed by atoms with Gasteiger partial charge in [-0.15, -0.1) is 0 Å². The van der Waals surface area contributed by atoms with Crippen molar-refractivity contribution in [2.24, 2.45) is 5.73 Å². The zero-order valence-corrected chi connectivity index (χ0v) is 9.89. The van der Waals surface area contributed by atoms with Gasteiger partial charge in [-0.2, -0.15) is 0 Å². The molecule has 3 rings (SSSR count). The van der Waals surface area contributed by atoms with Gasteiger partial charge in [0.25, 0.3) is 0 Å². The lowest BCUT2D eigenvalue weighted by Crippen LogP contribution is -2.17. The highest BCUT2D eigenvalue weighted by Gasteiger charge is 2.21. The normalized spacial score (nSPS) is 20.2. The van der Waals surface area contributed by atoms with E-state index in [0.29, 0.717) is 12.6 Å². The molecular weight excluding hydrogens is 212 g/mol. The summed E-state index contributed by atoms with van der Waals surface area (Å²) < 4.78 is 2.38. The van der Waals surface area contributed by atoms with Crippen LogP contribution in [0.3, 0.4) is 0 Å². The number of benzene rings is 1. The Morgan fingerprint density at radius 3 is 3.06 bits per heavy atom. The average Bonchev–Trinajstić information content (AvgIpc) is 2.94. The van der Waals surface area contributed by atoms with Gasteiger partial charge in [-0.1, -0.05) is 12.1 Å². The number of hydrogen-bond donors (Lipinski definition) is 2. The summed E-state index contributed by atoms with van der Waals surface area (Å²) in [6.07, 6.45) is 2.03. The maximum absolute atomic E-state index is 5.68. The SMILES string of the molecule is NCCc1nc2ccccc2n1C1CCNC1. The van der Waals surface area contributed by atoms with Crippen LogP contribution in [-0.4, -0.2) is 29.2 Å². The lowest BCUT2D eigenvalue weighted by atomic mass is 10.2. The van der Waals surface area contributed by atoms with Crippen molar-refractivity contribution in [3.63, 3.8) is 0 Å². The number of rotatable bonds is 3. The summed E-state index contributed by atoms with van der Waals surface area (Å²) in [6, 6.07) is 8.88. The molecule has 4 nitrogen and oxygen atoms in total. The van der Waals surface area contributed by atoms with E-state index in [4.69, 9.17) is 10.7 Å². The molecule has 1 unspecified atom stereocenters. The van der Waals surface area contributed by atoms with Crippen molar-refractivity contribution in [1.29, 1.82) is 0 Å². The van der Waals surface area contributed by atoms with Crippen LogP contribution < -0.4 is 11.1 Å². The quantitative estimate of drug-likeness (QED) is 0.829. The van der Waals surface area contributed by atoms with Gasteiger partial charge in [-0.25, -0.2) is 4.98 Å². The summed E-state index contributed by atoms with van der Waals surface area (Å²) in [5.74, 6) is 1.13. The second-order valence-corrected chi connectivity index (χ2v) is 4.57. The Labute approximate surface area is 101 Å². The zero-order chi connectivity index (χ0) is 11.7. The molecule has 1 atom stereocenters. The number of imidazole rings is 1. The smallest absolute Gasteiger partial charge is 0.111 e. The van der Waals surface area contributed by atoms with Crippen LogP contribution in [0.1, 0.15) is 18.3 Å². The molecular formula is C13H18N4. The van der Waals surface area contributed by atoms with E-state index in [1.165, 1.54) is 11.9 Å². The van der Waals surface area contributed by atoms with Crippen LogP contribution in [0.15, 0.2) is 24.3 Å². The van der Waals surface area contributed by atoms with Crippen molar-refractivity contribution in [1.82, 2.24) is 14.9 Å². The first-order valence-electron chi connectivity index (χ1n) is 6.27. The van der Waals surface area contributed by atoms with Crippen molar-refractivity contribution in [3.05, 3.63) is 30.1 Å². The second-order valence-electron chi connectivity index (χ2n) is 4.57. The molecule has 0 aliphatic carbocycles. The molecule has 2 aromatic rings. The number of fused-ring (bicyclic) bond motifs is 1. The molecule has 1 aliphatic heterocycles.